The number of nitrogens with one attached hydrogen (secondary N) is 1. The first-order valence-corrected chi connectivity index (χ1v) is 7.02. The fourth-order valence-corrected chi connectivity index (χ4v) is 2.48. The van der Waals surface area contributed by atoms with Gasteiger partial charge in [0.2, 0.25) is 0 Å². The average Bonchev–Trinajstić information content (AvgIpc) is 2.78. The molecule has 1 aromatic carbocycles. The van der Waals surface area contributed by atoms with Gasteiger partial charge in [-0.05, 0) is 26.8 Å². The lowest BCUT2D eigenvalue weighted by molar-refractivity contribution is 0.408. The molecule has 0 fully saturated rings. The minimum absolute atomic E-state index is 0.0928. The van der Waals surface area contributed by atoms with Crippen molar-refractivity contribution in [1.29, 1.82) is 0 Å². The molecule has 0 saturated carbocycles. The van der Waals surface area contributed by atoms with E-state index in [0.717, 1.165) is 11.3 Å². The van der Waals surface area contributed by atoms with Gasteiger partial charge in [0.25, 0.3) is 0 Å². The molecule has 5 heteroatoms. The van der Waals surface area contributed by atoms with Crippen LogP contribution < -0.4 is 10.1 Å². The number of nitrogens with zero attached hydrogens (tertiary/aromatic N) is 2. The van der Waals surface area contributed by atoms with E-state index in [9.17, 15) is 4.39 Å². The number of ether oxygens (including phenoxy) is 1. The van der Waals surface area contributed by atoms with Gasteiger partial charge in [0.15, 0.2) is 0 Å². The Labute approximate surface area is 124 Å². The van der Waals surface area contributed by atoms with E-state index in [1.54, 1.807) is 12.1 Å². The third kappa shape index (κ3) is 3.24. The van der Waals surface area contributed by atoms with E-state index in [4.69, 9.17) is 4.74 Å². The van der Waals surface area contributed by atoms with Crippen LogP contribution in [-0.4, -0.2) is 16.9 Å². The fraction of sp³-hybridized carbons (Fsp3) is 0.438. The summed E-state index contributed by atoms with van der Waals surface area (Å²) in [6.45, 7) is 6.04. The lowest BCUT2D eigenvalue weighted by atomic mass is 10.0. The maximum atomic E-state index is 14.1. The van der Waals surface area contributed by atoms with Crippen molar-refractivity contribution in [1.82, 2.24) is 15.1 Å². The van der Waals surface area contributed by atoms with Crippen LogP contribution in [0.1, 0.15) is 42.8 Å². The zero-order valence-corrected chi connectivity index (χ0v) is 13.1. The Bertz CT molecular complexity index is 624. The van der Waals surface area contributed by atoms with Crippen LogP contribution in [-0.2, 0) is 7.05 Å². The van der Waals surface area contributed by atoms with E-state index in [1.165, 1.54) is 13.2 Å². The van der Waals surface area contributed by atoms with Crippen molar-refractivity contribution in [3.63, 3.8) is 0 Å². The largest absolute Gasteiger partial charge is 0.497 e. The Morgan fingerprint density at radius 2 is 1.90 bits per heavy atom. The molecule has 0 saturated heterocycles. The molecule has 0 spiro atoms. The molecule has 0 aliphatic rings. The Hall–Kier alpha value is -1.88. The molecule has 2 rings (SSSR count). The van der Waals surface area contributed by atoms with Crippen LogP contribution in [0.25, 0.3) is 0 Å². The third-order valence-corrected chi connectivity index (χ3v) is 3.91. The van der Waals surface area contributed by atoms with Gasteiger partial charge in [-0.2, -0.15) is 5.10 Å². The fourth-order valence-electron chi connectivity index (χ4n) is 2.48. The molecule has 0 bridgehead atoms. The first-order chi connectivity index (χ1) is 9.93. The molecule has 0 aliphatic carbocycles. The predicted octanol–water partition coefficient (Wildman–Crippen LogP) is 3.29. The predicted molar refractivity (Wildman–Crippen MR) is 80.9 cm³/mol. The molecular formula is C16H22FN3O. The molecule has 21 heavy (non-hydrogen) atoms. The second-order valence-corrected chi connectivity index (χ2v) is 5.31. The molecular weight excluding hydrogens is 269 g/mol. The number of benzene rings is 1. The highest BCUT2D eigenvalue weighted by Gasteiger charge is 2.17. The number of aromatic nitrogens is 2. The van der Waals surface area contributed by atoms with E-state index in [-0.39, 0.29) is 17.9 Å². The zero-order chi connectivity index (χ0) is 15.6. The third-order valence-electron chi connectivity index (χ3n) is 3.91. The van der Waals surface area contributed by atoms with Gasteiger partial charge >= 0.3 is 0 Å². The summed E-state index contributed by atoms with van der Waals surface area (Å²) in [5.41, 5.74) is 2.86. The number of halogens is 1. The number of aryl methyl sites for hydroxylation is 1. The van der Waals surface area contributed by atoms with Crippen molar-refractivity contribution in [2.24, 2.45) is 7.05 Å². The standard InChI is InChI=1S/C16H22FN3O/c1-10(14-7-6-13(21-5)8-16(14)17)19-11(2)15-9-18-20(4)12(15)3/h6-11,19H,1-5H3. The number of hydrogen-bond donors (Lipinski definition) is 1. The van der Waals surface area contributed by atoms with E-state index < -0.39 is 0 Å². The summed E-state index contributed by atoms with van der Waals surface area (Å²) in [6.07, 6.45) is 1.85. The summed E-state index contributed by atoms with van der Waals surface area (Å²) >= 11 is 0. The highest BCUT2D eigenvalue weighted by atomic mass is 19.1. The molecule has 2 unspecified atom stereocenters. The quantitative estimate of drug-likeness (QED) is 0.919. The van der Waals surface area contributed by atoms with Crippen molar-refractivity contribution in [2.75, 3.05) is 7.11 Å². The molecule has 0 radical (unpaired) electrons. The van der Waals surface area contributed by atoms with Crippen LogP contribution in [0.3, 0.4) is 0 Å². The van der Waals surface area contributed by atoms with Crippen molar-refractivity contribution < 1.29 is 9.13 Å². The summed E-state index contributed by atoms with van der Waals surface area (Å²) in [5, 5.41) is 7.65. The van der Waals surface area contributed by atoms with Gasteiger partial charge in [-0.15, -0.1) is 0 Å². The molecule has 1 heterocycles. The summed E-state index contributed by atoms with van der Waals surface area (Å²) < 4.78 is 21.0. The van der Waals surface area contributed by atoms with Crippen molar-refractivity contribution in [3.8, 4) is 5.75 Å². The van der Waals surface area contributed by atoms with E-state index >= 15 is 0 Å². The second-order valence-electron chi connectivity index (χ2n) is 5.31. The van der Waals surface area contributed by atoms with Crippen LogP contribution in [0.2, 0.25) is 0 Å². The Balaban J connectivity index is 2.14. The van der Waals surface area contributed by atoms with Gasteiger partial charge in [-0.1, -0.05) is 6.07 Å². The van der Waals surface area contributed by atoms with Gasteiger partial charge in [-0.3, -0.25) is 4.68 Å². The molecule has 114 valence electrons. The van der Waals surface area contributed by atoms with E-state index in [2.05, 4.69) is 17.3 Å². The highest BCUT2D eigenvalue weighted by Crippen LogP contribution is 2.25. The van der Waals surface area contributed by atoms with Gasteiger partial charge < -0.3 is 10.1 Å². The SMILES string of the molecule is COc1ccc(C(C)NC(C)c2cnn(C)c2C)c(F)c1. The van der Waals surface area contributed by atoms with Crippen molar-refractivity contribution in [3.05, 3.63) is 47.0 Å². The number of hydrogen-bond acceptors (Lipinski definition) is 3. The normalized spacial score (nSPS) is 14.0. The minimum atomic E-state index is -0.260. The minimum Gasteiger partial charge on any atom is -0.497 e. The lowest BCUT2D eigenvalue weighted by Crippen LogP contribution is -2.23. The maximum absolute atomic E-state index is 14.1. The smallest absolute Gasteiger partial charge is 0.131 e. The first-order valence-electron chi connectivity index (χ1n) is 7.02. The van der Waals surface area contributed by atoms with E-state index in [1.807, 2.05) is 31.8 Å². The van der Waals surface area contributed by atoms with Crippen LogP contribution in [0.15, 0.2) is 24.4 Å². The molecule has 0 aliphatic heterocycles. The van der Waals surface area contributed by atoms with E-state index in [0.29, 0.717) is 11.3 Å². The lowest BCUT2D eigenvalue weighted by Gasteiger charge is -2.21. The summed E-state index contributed by atoms with van der Waals surface area (Å²) in [6, 6.07) is 4.93. The van der Waals surface area contributed by atoms with Gasteiger partial charge in [0.05, 0.1) is 13.3 Å². The number of methoxy groups -OCH3 is 1. The van der Waals surface area contributed by atoms with Crippen LogP contribution >= 0.6 is 0 Å². The van der Waals surface area contributed by atoms with Crippen molar-refractivity contribution >= 4 is 0 Å². The van der Waals surface area contributed by atoms with Crippen LogP contribution in [0.5, 0.6) is 5.75 Å². The Morgan fingerprint density at radius 1 is 1.24 bits per heavy atom. The highest BCUT2D eigenvalue weighted by molar-refractivity contribution is 5.31. The van der Waals surface area contributed by atoms with Crippen LogP contribution in [0.4, 0.5) is 4.39 Å². The van der Waals surface area contributed by atoms with Gasteiger partial charge in [0.1, 0.15) is 11.6 Å². The second kappa shape index (κ2) is 6.26. The zero-order valence-electron chi connectivity index (χ0n) is 13.1. The molecule has 1 aromatic heterocycles. The Kier molecular flexibility index (Phi) is 4.63. The first kappa shape index (κ1) is 15.5. The van der Waals surface area contributed by atoms with Crippen LogP contribution in [0, 0.1) is 12.7 Å². The summed E-state index contributed by atoms with van der Waals surface area (Å²) in [5.74, 6) is 0.268. The average molecular weight is 291 g/mol. The molecule has 4 nitrogen and oxygen atoms in total. The molecule has 0 amide bonds. The van der Waals surface area contributed by atoms with Crippen molar-refractivity contribution in [2.45, 2.75) is 32.9 Å². The summed E-state index contributed by atoms with van der Waals surface area (Å²) in [7, 11) is 3.45. The molecule has 2 aromatic rings. The number of rotatable bonds is 5. The molecule has 2 atom stereocenters. The monoisotopic (exact) mass is 291 g/mol. The Morgan fingerprint density at radius 3 is 2.43 bits per heavy atom. The summed E-state index contributed by atoms with van der Waals surface area (Å²) in [4.78, 5) is 0. The topological polar surface area (TPSA) is 39.1 Å². The molecule has 1 N–H and O–H groups in total. The van der Waals surface area contributed by atoms with Gasteiger partial charge in [0, 0.05) is 42.0 Å². The maximum Gasteiger partial charge on any atom is 0.131 e. The van der Waals surface area contributed by atoms with Gasteiger partial charge in [-0.25, -0.2) is 4.39 Å².